The smallest absolute Gasteiger partial charge is 0.338 e. The maximum atomic E-state index is 13.8. The maximum Gasteiger partial charge on any atom is 0.338 e. The van der Waals surface area contributed by atoms with Crippen molar-refractivity contribution in [3.63, 3.8) is 0 Å². The van der Waals surface area contributed by atoms with Gasteiger partial charge in [0.15, 0.2) is 4.80 Å². The molecule has 0 aliphatic carbocycles. The largest absolute Gasteiger partial charge is 0.494 e. The summed E-state index contributed by atoms with van der Waals surface area (Å²) in [4.78, 5) is 52.9. The van der Waals surface area contributed by atoms with Crippen molar-refractivity contribution in [1.29, 1.82) is 0 Å². The molecule has 1 atom stereocenters. The van der Waals surface area contributed by atoms with E-state index in [9.17, 15) is 29.8 Å². The van der Waals surface area contributed by atoms with Crippen molar-refractivity contribution < 1.29 is 28.9 Å². The van der Waals surface area contributed by atoms with Gasteiger partial charge in [0.2, 0.25) is 5.75 Å². The van der Waals surface area contributed by atoms with Crippen LogP contribution in [0.1, 0.15) is 37.9 Å². The number of allylic oxidation sites excluding steroid dienone is 1. The molecule has 14 heteroatoms. The maximum absolute atomic E-state index is 13.8. The van der Waals surface area contributed by atoms with E-state index in [1.807, 2.05) is 6.92 Å². The normalized spacial score (nSPS) is 14.4. The fraction of sp³-hybridized carbons (Fsp3) is 0.194. The van der Waals surface area contributed by atoms with E-state index < -0.39 is 33.2 Å². The Balaban J connectivity index is 1.51. The monoisotopic (exact) mass is 630 g/mol. The van der Waals surface area contributed by atoms with Crippen molar-refractivity contribution in [3.8, 4) is 17.2 Å². The molecule has 0 saturated carbocycles. The van der Waals surface area contributed by atoms with Crippen LogP contribution in [0, 0.1) is 20.2 Å². The van der Waals surface area contributed by atoms with Gasteiger partial charge in [0.25, 0.3) is 11.2 Å². The Morgan fingerprint density at radius 1 is 0.978 bits per heavy atom. The highest BCUT2D eigenvalue weighted by Crippen LogP contribution is 2.35. The van der Waals surface area contributed by atoms with Crippen LogP contribution in [-0.2, 0) is 9.53 Å². The third kappa shape index (κ3) is 6.35. The number of carbonyl (C=O) groups is 1. The molecule has 0 amide bonds. The number of benzene rings is 3. The van der Waals surface area contributed by atoms with E-state index in [0.29, 0.717) is 38.5 Å². The highest BCUT2D eigenvalue weighted by Gasteiger charge is 2.33. The van der Waals surface area contributed by atoms with Gasteiger partial charge in [-0.15, -0.1) is 0 Å². The molecule has 0 radical (unpaired) electrons. The average molecular weight is 631 g/mol. The van der Waals surface area contributed by atoms with Crippen molar-refractivity contribution in [1.82, 2.24) is 4.57 Å². The molecule has 1 aromatic heterocycles. The number of esters is 1. The number of fused-ring (bicyclic) bond motifs is 1. The minimum atomic E-state index is -0.772. The van der Waals surface area contributed by atoms with E-state index >= 15 is 0 Å². The molecule has 0 unspecified atom stereocenters. The molecular formula is C31H26N4O9S. The van der Waals surface area contributed by atoms with Gasteiger partial charge in [0, 0.05) is 6.07 Å². The number of thiazole rings is 1. The number of nitrogens with zero attached hydrogens (tertiary/aromatic N) is 4. The molecule has 3 aromatic carbocycles. The molecule has 5 rings (SSSR count). The first-order valence-electron chi connectivity index (χ1n) is 13.7. The van der Waals surface area contributed by atoms with Gasteiger partial charge in [0.05, 0.1) is 51.0 Å². The van der Waals surface area contributed by atoms with Gasteiger partial charge in [-0.25, -0.2) is 9.79 Å². The lowest BCUT2D eigenvalue weighted by molar-refractivity contribution is -0.394. The Bertz CT molecular complexity index is 2010. The fourth-order valence-electron chi connectivity index (χ4n) is 4.78. The fourth-order valence-corrected chi connectivity index (χ4v) is 5.83. The Hall–Kier alpha value is -5.63. The molecule has 4 aromatic rings. The first-order chi connectivity index (χ1) is 21.6. The van der Waals surface area contributed by atoms with E-state index in [1.54, 1.807) is 68.5 Å². The number of non-ortho nitro benzene ring substituents is 1. The van der Waals surface area contributed by atoms with E-state index in [1.165, 1.54) is 15.9 Å². The van der Waals surface area contributed by atoms with Crippen molar-refractivity contribution in [3.05, 3.63) is 129 Å². The SMILES string of the molecule is CCOC(=O)C1=C(C)N=c2s/c(=C\c3ccc(Oc4ccc([N+](=O)[O-])cc4[N+](=O)[O-])cc3)c(=O)n2[C@H]1c1ccc(OCC)cc1. The van der Waals surface area contributed by atoms with Gasteiger partial charge in [-0.3, -0.25) is 29.6 Å². The quantitative estimate of drug-likeness (QED) is 0.136. The van der Waals surface area contributed by atoms with Crippen molar-refractivity contribution in [2.45, 2.75) is 26.8 Å². The van der Waals surface area contributed by atoms with Crippen LogP contribution in [0.4, 0.5) is 11.4 Å². The van der Waals surface area contributed by atoms with Crippen LogP contribution in [0.15, 0.2) is 87.8 Å². The summed E-state index contributed by atoms with van der Waals surface area (Å²) in [5.41, 5.74) is 0.696. The zero-order valence-electron chi connectivity index (χ0n) is 24.3. The Kier molecular flexibility index (Phi) is 8.86. The summed E-state index contributed by atoms with van der Waals surface area (Å²) in [5, 5.41) is 22.5. The predicted molar refractivity (Wildman–Crippen MR) is 164 cm³/mol. The molecule has 0 bridgehead atoms. The topological polar surface area (TPSA) is 165 Å². The number of aromatic nitrogens is 1. The number of ether oxygens (including phenoxy) is 3. The third-order valence-corrected chi connectivity index (χ3v) is 7.76. The summed E-state index contributed by atoms with van der Waals surface area (Å²) in [6, 6.07) is 15.9. The summed E-state index contributed by atoms with van der Waals surface area (Å²) in [5.74, 6) is 0.183. The second-order valence-corrected chi connectivity index (χ2v) is 10.7. The van der Waals surface area contributed by atoms with Gasteiger partial charge < -0.3 is 14.2 Å². The van der Waals surface area contributed by atoms with Crippen LogP contribution in [0.2, 0.25) is 0 Å². The third-order valence-electron chi connectivity index (χ3n) is 6.78. The molecule has 0 spiro atoms. The molecule has 2 heterocycles. The van der Waals surface area contributed by atoms with Crippen LogP contribution in [0.25, 0.3) is 6.08 Å². The first kappa shape index (κ1) is 30.8. The summed E-state index contributed by atoms with van der Waals surface area (Å²) in [6.45, 7) is 5.94. The van der Waals surface area contributed by atoms with Crippen LogP contribution in [0.3, 0.4) is 0 Å². The van der Waals surface area contributed by atoms with E-state index in [-0.39, 0.29) is 29.2 Å². The van der Waals surface area contributed by atoms with Crippen molar-refractivity contribution in [2.75, 3.05) is 13.2 Å². The van der Waals surface area contributed by atoms with Crippen molar-refractivity contribution >= 4 is 34.8 Å². The van der Waals surface area contributed by atoms with Crippen LogP contribution >= 0.6 is 11.3 Å². The number of rotatable bonds is 10. The number of nitro groups is 2. The van der Waals surface area contributed by atoms with E-state index in [2.05, 4.69) is 4.99 Å². The first-order valence-corrected chi connectivity index (χ1v) is 14.6. The molecule has 13 nitrogen and oxygen atoms in total. The Morgan fingerprint density at radius 2 is 1.67 bits per heavy atom. The minimum Gasteiger partial charge on any atom is -0.494 e. The Morgan fingerprint density at radius 3 is 2.29 bits per heavy atom. The summed E-state index contributed by atoms with van der Waals surface area (Å²) >= 11 is 1.17. The van der Waals surface area contributed by atoms with Gasteiger partial charge in [0.1, 0.15) is 11.5 Å². The van der Waals surface area contributed by atoms with E-state index in [4.69, 9.17) is 14.2 Å². The summed E-state index contributed by atoms with van der Waals surface area (Å²) in [7, 11) is 0. The van der Waals surface area contributed by atoms with Gasteiger partial charge in [-0.1, -0.05) is 35.6 Å². The van der Waals surface area contributed by atoms with Gasteiger partial charge in [-0.05, 0) is 68.3 Å². The summed E-state index contributed by atoms with van der Waals surface area (Å²) < 4.78 is 18.4. The zero-order chi connectivity index (χ0) is 32.2. The minimum absolute atomic E-state index is 0.159. The standard InChI is InChI=1S/C31H26N4O9S/c1-4-42-22-13-8-20(9-14-22)28-27(30(37)43-5-2)18(3)32-31-33(28)29(36)26(45-31)16-19-6-11-23(12-7-19)44-25-15-10-21(34(38)39)17-24(25)35(40)41/h6-17,28H,4-5H2,1-3H3/b26-16-/t28-/m0/s1. The second-order valence-electron chi connectivity index (χ2n) is 9.64. The van der Waals surface area contributed by atoms with Gasteiger partial charge in [-0.2, -0.15) is 0 Å². The molecule has 230 valence electrons. The van der Waals surface area contributed by atoms with Crippen molar-refractivity contribution in [2.24, 2.45) is 4.99 Å². The second kappa shape index (κ2) is 12.9. The van der Waals surface area contributed by atoms with E-state index in [0.717, 1.165) is 18.2 Å². The van der Waals surface area contributed by atoms with Gasteiger partial charge >= 0.3 is 11.7 Å². The van der Waals surface area contributed by atoms with Crippen LogP contribution in [0.5, 0.6) is 17.2 Å². The molecule has 0 fully saturated rings. The van der Waals surface area contributed by atoms with Crippen LogP contribution < -0.4 is 24.4 Å². The Labute approximate surface area is 259 Å². The summed E-state index contributed by atoms with van der Waals surface area (Å²) in [6.07, 6.45) is 1.67. The zero-order valence-corrected chi connectivity index (χ0v) is 25.1. The van der Waals surface area contributed by atoms with Crippen LogP contribution in [-0.4, -0.2) is 33.6 Å². The molecule has 0 N–H and O–H groups in total. The molecular weight excluding hydrogens is 604 g/mol. The molecule has 1 aliphatic heterocycles. The molecule has 45 heavy (non-hydrogen) atoms. The lowest BCUT2D eigenvalue weighted by Gasteiger charge is -2.24. The number of nitro benzene ring substituents is 2. The lowest BCUT2D eigenvalue weighted by Crippen LogP contribution is -2.39. The predicted octanol–water partition coefficient (Wildman–Crippen LogP) is 4.81. The molecule has 0 saturated heterocycles. The number of hydrogen-bond acceptors (Lipinski definition) is 11. The highest BCUT2D eigenvalue weighted by atomic mass is 32.1. The molecule has 1 aliphatic rings. The lowest BCUT2D eigenvalue weighted by atomic mass is 9.96. The highest BCUT2D eigenvalue weighted by molar-refractivity contribution is 7.07. The average Bonchev–Trinajstić information content (AvgIpc) is 3.31. The number of carbonyl (C=O) groups excluding carboxylic acids is 1. The number of hydrogen-bond donors (Lipinski definition) is 0.